The second-order valence-corrected chi connectivity index (χ2v) is 5.34. The predicted octanol–water partition coefficient (Wildman–Crippen LogP) is 4.02. The molecule has 2 aromatic rings. The number of nitrogens with one attached hydrogen (secondary N) is 1. The van der Waals surface area contributed by atoms with Crippen molar-refractivity contribution in [1.82, 2.24) is 0 Å². The molecule has 0 heterocycles. The summed E-state index contributed by atoms with van der Waals surface area (Å²) in [5.74, 6) is -1.26. The fraction of sp³-hybridized carbons (Fsp3) is 0. The molecule has 3 nitrogen and oxygen atoms in total. The first-order chi connectivity index (χ1) is 9.90. The summed E-state index contributed by atoms with van der Waals surface area (Å²) >= 11 is 16.6. The van der Waals surface area contributed by atoms with Crippen LogP contribution in [0.4, 0.5) is 10.1 Å². The Labute approximate surface area is 135 Å². The average Bonchev–Trinajstić information content (AvgIpc) is 2.43. The van der Waals surface area contributed by atoms with Crippen molar-refractivity contribution in [2.45, 2.75) is 0 Å². The summed E-state index contributed by atoms with van der Waals surface area (Å²) in [4.78, 5) is 12.3. The molecule has 0 unspecified atom stereocenters. The van der Waals surface area contributed by atoms with Crippen LogP contribution in [0.5, 0.6) is 0 Å². The van der Waals surface area contributed by atoms with Gasteiger partial charge in [0.05, 0.1) is 21.3 Å². The molecule has 108 valence electrons. The molecule has 1 amide bonds. The standard InChI is InChI=1S/C14H9Cl2FN2OS/c15-9-5-4-7(13(18)21)6-11(9)19-14(20)8-2-1-3-10(17)12(8)16/h1-6H,(H2,18,21)(H,19,20). The molecular formula is C14H9Cl2FN2OS. The highest BCUT2D eigenvalue weighted by Gasteiger charge is 2.15. The van der Waals surface area contributed by atoms with Crippen molar-refractivity contribution in [3.8, 4) is 0 Å². The number of thiocarbonyl (C=S) groups is 1. The lowest BCUT2D eigenvalue weighted by atomic mass is 10.1. The molecule has 0 bridgehead atoms. The Kier molecular flexibility index (Phi) is 4.77. The molecule has 2 rings (SSSR count). The number of anilines is 1. The number of benzene rings is 2. The predicted molar refractivity (Wildman–Crippen MR) is 86.7 cm³/mol. The molecule has 0 aliphatic rings. The van der Waals surface area contributed by atoms with Crippen LogP contribution in [0.25, 0.3) is 0 Å². The van der Waals surface area contributed by atoms with Crippen LogP contribution in [-0.2, 0) is 0 Å². The van der Waals surface area contributed by atoms with E-state index < -0.39 is 11.7 Å². The molecule has 0 radical (unpaired) electrons. The second kappa shape index (κ2) is 6.39. The highest BCUT2D eigenvalue weighted by molar-refractivity contribution is 7.80. The van der Waals surface area contributed by atoms with Gasteiger partial charge in [0.1, 0.15) is 10.8 Å². The van der Waals surface area contributed by atoms with Crippen molar-refractivity contribution in [3.63, 3.8) is 0 Å². The van der Waals surface area contributed by atoms with Gasteiger partial charge in [0.2, 0.25) is 0 Å². The average molecular weight is 343 g/mol. The minimum absolute atomic E-state index is 0.00783. The van der Waals surface area contributed by atoms with Crippen LogP contribution in [-0.4, -0.2) is 10.9 Å². The van der Waals surface area contributed by atoms with Crippen LogP contribution in [0.15, 0.2) is 36.4 Å². The Morgan fingerprint density at radius 2 is 1.95 bits per heavy atom. The smallest absolute Gasteiger partial charge is 0.257 e. The number of hydrogen-bond donors (Lipinski definition) is 2. The maximum Gasteiger partial charge on any atom is 0.257 e. The van der Waals surface area contributed by atoms with Crippen LogP contribution < -0.4 is 11.1 Å². The molecule has 0 spiro atoms. The number of halogens is 3. The van der Waals surface area contributed by atoms with E-state index in [0.717, 1.165) is 0 Å². The van der Waals surface area contributed by atoms with Gasteiger partial charge in [-0.2, -0.15) is 0 Å². The molecule has 0 atom stereocenters. The summed E-state index contributed by atoms with van der Waals surface area (Å²) in [5, 5.41) is 2.60. The molecule has 0 aromatic heterocycles. The van der Waals surface area contributed by atoms with Gasteiger partial charge in [0.25, 0.3) is 5.91 Å². The zero-order valence-electron chi connectivity index (χ0n) is 10.5. The molecular weight excluding hydrogens is 334 g/mol. The fourth-order valence-corrected chi connectivity index (χ4v) is 2.15. The second-order valence-electron chi connectivity index (χ2n) is 4.11. The number of nitrogens with two attached hydrogens (primary N) is 1. The first kappa shape index (κ1) is 15.7. The lowest BCUT2D eigenvalue weighted by Gasteiger charge is -2.10. The Morgan fingerprint density at radius 1 is 1.24 bits per heavy atom. The molecule has 0 saturated heterocycles. The Hall–Kier alpha value is -1.69. The molecule has 0 aliphatic heterocycles. The molecule has 0 saturated carbocycles. The summed E-state index contributed by atoms with van der Waals surface area (Å²) in [7, 11) is 0. The molecule has 7 heteroatoms. The van der Waals surface area contributed by atoms with Crippen molar-refractivity contribution < 1.29 is 9.18 Å². The number of rotatable bonds is 3. The first-order valence-corrected chi connectivity index (χ1v) is 6.91. The molecule has 3 N–H and O–H groups in total. The quantitative estimate of drug-likeness (QED) is 0.828. The van der Waals surface area contributed by atoms with Gasteiger partial charge in [-0.05, 0) is 24.3 Å². The third-order valence-corrected chi connectivity index (χ3v) is 3.64. The lowest BCUT2D eigenvalue weighted by molar-refractivity contribution is 0.102. The monoisotopic (exact) mass is 342 g/mol. The van der Waals surface area contributed by atoms with E-state index in [0.29, 0.717) is 16.3 Å². The molecule has 2 aromatic carbocycles. The normalized spacial score (nSPS) is 10.2. The fourth-order valence-electron chi connectivity index (χ4n) is 1.64. The highest BCUT2D eigenvalue weighted by Crippen LogP contribution is 2.25. The number of carbonyl (C=O) groups is 1. The zero-order valence-corrected chi connectivity index (χ0v) is 12.8. The molecule has 0 fully saturated rings. The van der Waals surface area contributed by atoms with Gasteiger partial charge < -0.3 is 11.1 Å². The Bertz CT molecular complexity index is 737. The lowest BCUT2D eigenvalue weighted by Crippen LogP contribution is -2.15. The molecule has 0 aliphatic carbocycles. The van der Waals surface area contributed by atoms with Crippen molar-refractivity contribution >= 4 is 52.0 Å². The van der Waals surface area contributed by atoms with E-state index in [-0.39, 0.29) is 15.6 Å². The van der Waals surface area contributed by atoms with Crippen LogP contribution in [0.3, 0.4) is 0 Å². The summed E-state index contributed by atoms with van der Waals surface area (Å²) in [6.45, 7) is 0. The SMILES string of the molecule is NC(=S)c1ccc(Cl)c(NC(=O)c2cccc(F)c2Cl)c1. The van der Waals surface area contributed by atoms with E-state index >= 15 is 0 Å². The van der Waals surface area contributed by atoms with Crippen molar-refractivity contribution in [2.24, 2.45) is 5.73 Å². The highest BCUT2D eigenvalue weighted by atomic mass is 35.5. The minimum Gasteiger partial charge on any atom is -0.389 e. The zero-order chi connectivity index (χ0) is 15.6. The Balaban J connectivity index is 2.33. The summed E-state index contributed by atoms with van der Waals surface area (Å²) in [5.41, 5.74) is 6.39. The summed E-state index contributed by atoms with van der Waals surface area (Å²) in [6.07, 6.45) is 0. The number of amides is 1. The van der Waals surface area contributed by atoms with Crippen molar-refractivity contribution in [1.29, 1.82) is 0 Å². The number of carbonyl (C=O) groups excluding carboxylic acids is 1. The van der Waals surface area contributed by atoms with Crippen molar-refractivity contribution in [3.05, 3.63) is 63.4 Å². The Morgan fingerprint density at radius 3 is 2.62 bits per heavy atom. The van der Waals surface area contributed by atoms with E-state index in [1.807, 2.05) is 0 Å². The van der Waals surface area contributed by atoms with Crippen LogP contribution in [0.2, 0.25) is 10.0 Å². The molecule has 21 heavy (non-hydrogen) atoms. The van der Waals surface area contributed by atoms with Gasteiger partial charge in [0.15, 0.2) is 0 Å². The van der Waals surface area contributed by atoms with Gasteiger partial charge in [-0.3, -0.25) is 4.79 Å². The van der Waals surface area contributed by atoms with Gasteiger partial charge in [0, 0.05) is 5.56 Å². The van der Waals surface area contributed by atoms with E-state index in [1.165, 1.54) is 24.3 Å². The van der Waals surface area contributed by atoms with Gasteiger partial charge in [-0.15, -0.1) is 0 Å². The van der Waals surface area contributed by atoms with Crippen LogP contribution >= 0.6 is 35.4 Å². The van der Waals surface area contributed by atoms with E-state index in [4.69, 9.17) is 41.2 Å². The third kappa shape index (κ3) is 3.50. The largest absolute Gasteiger partial charge is 0.389 e. The van der Waals surface area contributed by atoms with Gasteiger partial charge in [-0.25, -0.2) is 4.39 Å². The topological polar surface area (TPSA) is 55.1 Å². The van der Waals surface area contributed by atoms with Crippen LogP contribution in [0, 0.1) is 5.82 Å². The number of hydrogen-bond acceptors (Lipinski definition) is 2. The maximum absolute atomic E-state index is 13.4. The summed E-state index contributed by atoms with van der Waals surface area (Å²) < 4.78 is 13.4. The summed E-state index contributed by atoms with van der Waals surface area (Å²) in [6, 6.07) is 8.69. The van der Waals surface area contributed by atoms with Gasteiger partial charge >= 0.3 is 0 Å². The third-order valence-electron chi connectivity index (χ3n) is 2.70. The van der Waals surface area contributed by atoms with E-state index in [2.05, 4.69) is 5.32 Å². The van der Waals surface area contributed by atoms with E-state index in [1.54, 1.807) is 12.1 Å². The van der Waals surface area contributed by atoms with Crippen molar-refractivity contribution in [2.75, 3.05) is 5.32 Å². The minimum atomic E-state index is -0.674. The van der Waals surface area contributed by atoms with Crippen LogP contribution in [0.1, 0.15) is 15.9 Å². The van der Waals surface area contributed by atoms with E-state index in [9.17, 15) is 9.18 Å². The van der Waals surface area contributed by atoms with Gasteiger partial charge in [-0.1, -0.05) is 47.6 Å². The first-order valence-electron chi connectivity index (χ1n) is 5.75. The maximum atomic E-state index is 13.4.